The predicted molar refractivity (Wildman–Crippen MR) is 125 cm³/mol. The molecule has 2 aromatic carbocycles. The van der Waals surface area contributed by atoms with E-state index in [-0.39, 0.29) is 24.5 Å². The van der Waals surface area contributed by atoms with Crippen LogP contribution in [0.25, 0.3) is 0 Å². The molecule has 1 heterocycles. The van der Waals surface area contributed by atoms with E-state index < -0.39 is 28.1 Å². The van der Waals surface area contributed by atoms with Crippen molar-refractivity contribution in [2.75, 3.05) is 19.7 Å². The number of hydrogen-bond donors (Lipinski definition) is 2. The summed E-state index contributed by atoms with van der Waals surface area (Å²) in [6.07, 6.45) is -0.345. The first kappa shape index (κ1) is 24.9. The first-order chi connectivity index (χ1) is 15.6. The molecule has 0 bridgehead atoms. The van der Waals surface area contributed by atoms with Crippen LogP contribution in [0.3, 0.4) is 0 Å². The van der Waals surface area contributed by atoms with Crippen molar-refractivity contribution in [1.29, 1.82) is 0 Å². The van der Waals surface area contributed by atoms with Gasteiger partial charge in [-0.2, -0.15) is 4.31 Å². The van der Waals surface area contributed by atoms with Crippen LogP contribution in [0.5, 0.6) is 0 Å². The number of carbonyl (C=O) groups excluding carboxylic acids is 2. The molecule has 1 saturated heterocycles. The van der Waals surface area contributed by atoms with Crippen LogP contribution in [0, 0.1) is 27.7 Å². The summed E-state index contributed by atoms with van der Waals surface area (Å²) >= 11 is 0. The van der Waals surface area contributed by atoms with Crippen LogP contribution in [0.4, 0.5) is 0 Å². The minimum atomic E-state index is -3.85. The van der Waals surface area contributed by atoms with Gasteiger partial charge in [0.15, 0.2) is 0 Å². The Morgan fingerprint density at radius 1 is 0.970 bits per heavy atom. The van der Waals surface area contributed by atoms with E-state index in [1.165, 1.54) is 4.31 Å². The Balaban J connectivity index is 1.65. The SMILES string of the molecule is Cc1ccc(CNC(=O)C(=O)NC[C@H]2OCCCN2S(=O)(=O)c2c(C)cc(C)cc2C)cc1. The highest BCUT2D eigenvalue weighted by Crippen LogP contribution is 2.28. The van der Waals surface area contributed by atoms with E-state index in [0.717, 1.165) is 16.7 Å². The van der Waals surface area contributed by atoms with E-state index in [1.807, 2.05) is 50.2 Å². The topological polar surface area (TPSA) is 105 Å². The lowest BCUT2D eigenvalue weighted by atomic mass is 10.1. The first-order valence-corrected chi connectivity index (χ1v) is 12.4. The molecule has 9 heteroatoms. The number of rotatable bonds is 6. The number of nitrogens with zero attached hydrogens (tertiary/aromatic N) is 1. The van der Waals surface area contributed by atoms with Gasteiger partial charge in [-0.15, -0.1) is 0 Å². The van der Waals surface area contributed by atoms with E-state index in [4.69, 9.17) is 4.74 Å². The predicted octanol–water partition coefficient (Wildman–Crippen LogP) is 2.09. The Bertz CT molecular complexity index is 1110. The molecule has 0 unspecified atom stereocenters. The van der Waals surface area contributed by atoms with Crippen molar-refractivity contribution in [3.8, 4) is 0 Å². The third-order valence-corrected chi connectivity index (χ3v) is 7.74. The molecule has 1 fully saturated rings. The molecule has 1 aliphatic rings. The highest BCUT2D eigenvalue weighted by molar-refractivity contribution is 7.89. The summed E-state index contributed by atoms with van der Waals surface area (Å²) in [7, 11) is -3.85. The molecule has 2 aromatic rings. The van der Waals surface area contributed by atoms with Crippen LogP contribution in [-0.4, -0.2) is 50.5 Å². The molecule has 3 rings (SSSR count). The largest absolute Gasteiger partial charge is 0.360 e. The molecule has 2 amide bonds. The molecule has 0 saturated carbocycles. The number of ether oxygens (including phenoxy) is 1. The molecule has 8 nitrogen and oxygen atoms in total. The maximum absolute atomic E-state index is 13.5. The second-order valence-corrected chi connectivity index (χ2v) is 10.2. The van der Waals surface area contributed by atoms with Crippen LogP contribution in [0.1, 0.15) is 34.2 Å². The van der Waals surface area contributed by atoms with Crippen LogP contribution < -0.4 is 10.6 Å². The molecule has 178 valence electrons. The lowest BCUT2D eigenvalue weighted by Crippen LogP contribution is -2.53. The molecule has 0 spiro atoms. The second-order valence-electron chi connectivity index (χ2n) is 8.40. The standard InChI is InChI=1S/C24H31N3O5S/c1-16-6-8-20(9-7-16)14-25-23(28)24(29)26-15-21-27(10-5-11-32-21)33(30,31)22-18(3)12-17(2)13-19(22)4/h6-9,12-13,21H,5,10-11,14-15H2,1-4H3,(H,25,28)(H,26,29)/t21-/m1/s1. The van der Waals surface area contributed by atoms with Gasteiger partial charge in [0, 0.05) is 13.1 Å². The van der Waals surface area contributed by atoms with Crippen molar-refractivity contribution in [1.82, 2.24) is 14.9 Å². The zero-order chi connectivity index (χ0) is 24.2. The highest BCUT2D eigenvalue weighted by atomic mass is 32.2. The van der Waals surface area contributed by atoms with Gasteiger partial charge in [-0.25, -0.2) is 8.42 Å². The first-order valence-electron chi connectivity index (χ1n) is 10.9. The Labute approximate surface area is 195 Å². The minimum Gasteiger partial charge on any atom is -0.360 e. The number of carbonyl (C=O) groups is 2. The van der Waals surface area contributed by atoms with E-state index in [1.54, 1.807) is 13.8 Å². The molecule has 2 N–H and O–H groups in total. The van der Waals surface area contributed by atoms with Crippen LogP contribution >= 0.6 is 0 Å². The van der Waals surface area contributed by atoms with Gasteiger partial charge in [0.25, 0.3) is 0 Å². The third-order valence-electron chi connectivity index (χ3n) is 5.54. The normalized spacial score (nSPS) is 16.9. The van der Waals surface area contributed by atoms with E-state index in [2.05, 4.69) is 10.6 Å². The van der Waals surface area contributed by atoms with Crippen molar-refractivity contribution >= 4 is 21.8 Å². The van der Waals surface area contributed by atoms with Crippen molar-refractivity contribution in [3.05, 3.63) is 64.2 Å². The number of sulfonamides is 1. The summed E-state index contributed by atoms with van der Waals surface area (Å²) < 4.78 is 33.9. The molecule has 1 atom stereocenters. The molecular formula is C24H31N3O5S. The second kappa shape index (κ2) is 10.5. The van der Waals surface area contributed by atoms with Crippen molar-refractivity contribution in [2.24, 2.45) is 0 Å². The summed E-state index contributed by atoms with van der Waals surface area (Å²) in [6.45, 7) is 8.17. The van der Waals surface area contributed by atoms with Gasteiger partial charge >= 0.3 is 11.8 Å². The summed E-state index contributed by atoms with van der Waals surface area (Å²) in [6, 6.07) is 11.3. The Hall–Kier alpha value is -2.75. The zero-order valence-corrected chi connectivity index (χ0v) is 20.3. The average Bonchev–Trinajstić information content (AvgIpc) is 2.76. The summed E-state index contributed by atoms with van der Waals surface area (Å²) in [5.41, 5.74) is 4.29. The molecule has 0 aliphatic carbocycles. The van der Waals surface area contributed by atoms with E-state index in [0.29, 0.717) is 24.2 Å². The van der Waals surface area contributed by atoms with Crippen LogP contribution in [0.15, 0.2) is 41.3 Å². The van der Waals surface area contributed by atoms with Crippen molar-refractivity contribution in [2.45, 2.75) is 51.8 Å². The quantitative estimate of drug-likeness (QED) is 0.625. The molecular weight excluding hydrogens is 442 g/mol. The third kappa shape index (κ3) is 5.98. The van der Waals surface area contributed by atoms with Gasteiger partial charge in [-0.05, 0) is 50.8 Å². The van der Waals surface area contributed by atoms with Crippen molar-refractivity contribution in [3.63, 3.8) is 0 Å². The smallest absolute Gasteiger partial charge is 0.309 e. The monoisotopic (exact) mass is 473 g/mol. The van der Waals surface area contributed by atoms with Crippen molar-refractivity contribution < 1.29 is 22.7 Å². The maximum Gasteiger partial charge on any atom is 0.309 e. The maximum atomic E-state index is 13.5. The fourth-order valence-corrected chi connectivity index (χ4v) is 6.00. The molecule has 0 radical (unpaired) electrons. The van der Waals surface area contributed by atoms with Gasteiger partial charge in [0.1, 0.15) is 6.23 Å². The van der Waals surface area contributed by atoms with Gasteiger partial charge < -0.3 is 15.4 Å². The number of hydrogen-bond acceptors (Lipinski definition) is 5. The molecule has 33 heavy (non-hydrogen) atoms. The zero-order valence-electron chi connectivity index (χ0n) is 19.5. The van der Waals surface area contributed by atoms with Crippen LogP contribution in [0.2, 0.25) is 0 Å². The van der Waals surface area contributed by atoms with Gasteiger partial charge in [-0.3, -0.25) is 9.59 Å². The van der Waals surface area contributed by atoms with Gasteiger partial charge in [0.05, 0.1) is 18.0 Å². The fraction of sp³-hybridized carbons (Fsp3) is 0.417. The number of nitrogens with one attached hydrogen (secondary N) is 2. The lowest BCUT2D eigenvalue weighted by molar-refractivity contribution is -0.140. The Kier molecular flexibility index (Phi) is 7.88. The van der Waals surface area contributed by atoms with E-state index >= 15 is 0 Å². The number of amides is 2. The highest BCUT2D eigenvalue weighted by Gasteiger charge is 2.36. The van der Waals surface area contributed by atoms with Gasteiger partial charge in [0.2, 0.25) is 10.0 Å². The fourth-order valence-electron chi connectivity index (χ4n) is 4.02. The Morgan fingerprint density at radius 2 is 1.58 bits per heavy atom. The minimum absolute atomic E-state index is 0.125. The lowest BCUT2D eigenvalue weighted by Gasteiger charge is -2.35. The Morgan fingerprint density at radius 3 is 2.21 bits per heavy atom. The van der Waals surface area contributed by atoms with E-state index in [9.17, 15) is 18.0 Å². The van der Waals surface area contributed by atoms with Gasteiger partial charge in [-0.1, -0.05) is 47.5 Å². The summed E-state index contributed by atoms with van der Waals surface area (Å²) in [5, 5.41) is 5.08. The molecule has 0 aromatic heterocycles. The van der Waals surface area contributed by atoms with Crippen LogP contribution in [-0.2, 0) is 30.9 Å². The number of benzene rings is 2. The average molecular weight is 474 g/mol. The summed E-state index contributed by atoms with van der Waals surface area (Å²) in [4.78, 5) is 24.7. The number of aryl methyl sites for hydroxylation is 4. The summed E-state index contributed by atoms with van der Waals surface area (Å²) in [5.74, 6) is -1.62. The molecule has 1 aliphatic heterocycles.